The van der Waals surface area contributed by atoms with Crippen LogP contribution in [0.4, 0.5) is 0 Å². The van der Waals surface area contributed by atoms with E-state index in [-0.39, 0.29) is 13.2 Å². The van der Waals surface area contributed by atoms with Gasteiger partial charge < -0.3 is 9.47 Å². The summed E-state index contributed by atoms with van der Waals surface area (Å²) >= 11 is 0. The smallest absolute Gasteiger partial charge is 0.333 e. The Bertz CT molecular complexity index is 404. The summed E-state index contributed by atoms with van der Waals surface area (Å²) in [6.45, 7) is 19.3. The molecule has 0 fully saturated rings. The molecule has 4 heteroatoms. The number of rotatable bonds is 10. The van der Waals surface area contributed by atoms with E-state index < -0.39 is 17.4 Å². The van der Waals surface area contributed by atoms with Gasteiger partial charge in [0.15, 0.2) is 0 Å². The number of ether oxygens (including phenoxy) is 2. The third-order valence-corrected chi connectivity index (χ3v) is 3.40. The van der Waals surface area contributed by atoms with Gasteiger partial charge in [0.2, 0.25) is 0 Å². The molecule has 0 radical (unpaired) electrons. The van der Waals surface area contributed by atoms with E-state index in [1.54, 1.807) is 13.8 Å². The molecular weight excluding hydrogens is 292 g/mol. The van der Waals surface area contributed by atoms with Gasteiger partial charge in [0.05, 0.1) is 0 Å². The molecule has 0 heterocycles. The van der Waals surface area contributed by atoms with Crippen molar-refractivity contribution in [1.29, 1.82) is 0 Å². The highest BCUT2D eigenvalue weighted by Gasteiger charge is 2.35. The fraction of sp³-hybridized carbons (Fsp3) is 0.684. The summed E-state index contributed by atoms with van der Waals surface area (Å²) in [6.07, 6.45) is 1.61. The largest absolute Gasteiger partial charge is 0.462 e. The summed E-state index contributed by atoms with van der Waals surface area (Å²) in [5.41, 5.74) is 0.345. The van der Waals surface area contributed by atoms with E-state index in [0.29, 0.717) is 23.0 Å². The minimum absolute atomic E-state index is 0.221. The van der Waals surface area contributed by atoms with E-state index in [1.807, 2.05) is 0 Å². The second-order valence-corrected chi connectivity index (χ2v) is 7.41. The Morgan fingerprint density at radius 2 is 1.13 bits per heavy atom. The molecule has 0 saturated carbocycles. The van der Waals surface area contributed by atoms with Gasteiger partial charge in [-0.25, -0.2) is 9.59 Å². The van der Waals surface area contributed by atoms with Crippen molar-refractivity contribution in [2.24, 2.45) is 17.3 Å². The predicted octanol–water partition coefficient (Wildman–Crippen LogP) is 4.30. The standard InChI is InChI=1S/C19H32O4/c1-13(2)9-19(10-14(3)4,11-22-17(20)15(5)6)12-23-18(21)16(7)8/h13-14H,5,7,9-12H2,1-4,6,8H3. The highest BCUT2D eigenvalue weighted by molar-refractivity contribution is 5.87. The molecule has 0 spiro atoms. The Hall–Kier alpha value is -1.58. The SMILES string of the molecule is C=C(C)C(=O)OCC(COC(=O)C(=C)C)(CC(C)C)CC(C)C. The fourth-order valence-corrected chi connectivity index (χ4v) is 2.78. The molecule has 0 bridgehead atoms. The summed E-state index contributed by atoms with van der Waals surface area (Å²) in [7, 11) is 0. The molecular formula is C19H32O4. The first kappa shape index (κ1) is 21.4. The second kappa shape index (κ2) is 9.53. The normalized spacial score (nSPS) is 11.5. The van der Waals surface area contributed by atoms with Crippen LogP contribution < -0.4 is 0 Å². The van der Waals surface area contributed by atoms with Crippen LogP contribution in [-0.2, 0) is 19.1 Å². The number of hydrogen-bond donors (Lipinski definition) is 0. The topological polar surface area (TPSA) is 52.6 Å². The van der Waals surface area contributed by atoms with Gasteiger partial charge in [0.1, 0.15) is 13.2 Å². The van der Waals surface area contributed by atoms with Gasteiger partial charge >= 0.3 is 11.9 Å². The first-order chi connectivity index (χ1) is 10.5. The lowest BCUT2D eigenvalue weighted by molar-refractivity contribution is -0.151. The second-order valence-electron chi connectivity index (χ2n) is 7.41. The first-order valence-electron chi connectivity index (χ1n) is 8.14. The third-order valence-electron chi connectivity index (χ3n) is 3.40. The molecule has 0 aromatic carbocycles. The first-order valence-corrected chi connectivity index (χ1v) is 8.14. The average molecular weight is 324 g/mol. The molecule has 0 aromatic rings. The summed E-state index contributed by atoms with van der Waals surface area (Å²) in [4.78, 5) is 23.5. The zero-order chi connectivity index (χ0) is 18.2. The monoisotopic (exact) mass is 324 g/mol. The van der Waals surface area contributed by atoms with Gasteiger partial charge in [-0.1, -0.05) is 40.9 Å². The van der Waals surface area contributed by atoms with E-state index in [4.69, 9.17) is 9.47 Å². The highest BCUT2D eigenvalue weighted by atomic mass is 16.5. The number of carbonyl (C=O) groups excluding carboxylic acids is 2. The van der Waals surface area contributed by atoms with Gasteiger partial charge in [-0.2, -0.15) is 0 Å². The van der Waals surface area contributed by atoms with E-state index in [1.165, 1.54) is 0 Å². The van der Waals surface area contributed by atoms with Crippen LogP contribution in [0.2, 0.25) is 0 Å². The van der Waals surface area contributed by atoms with Gasteiger partial charge in [-0.3, -0.25) is 0 Å². The molecule has 23 heavy (non-hydrogen) atoms. The Morgan fingerprint density at radius 1 is 0.826 bits per heavy atom. The van der Waals surface area contributed by atoms with Crippen molar-refractivity contribution in [3.63, 3.8) is 0 Å². The van der Waals surface area contributed by atoms with E-state index in [2.05, 4.69) is 40.9 Å². The van der Waals surface area contributed by atoms with Gasteiger partial charge in [-0.05, 0) is 38.5 Å². The average Bonchev–Trinajstić information content (AvgIpc) is 2.40. The Balaban J connectivity index is 5.22. The van der Waals surface area contributed by atoms with Crippen LogP contribution >= 0.6 is 0 Å². The number of carbonyl (C=O) groups is 2. The van der Waals surface area contributed by atoms with Gasteiger partial charge in [0, 0.05) is 16.6 Å². The maximum atomic E-state index is 11.8. The van der Waals surface area contributed by atoms with Crippen molar-refractivity contribution in [3.05, 3.63) is 24.3 Å². The van der Waals surface area contributed by atoms with Crippen LogP contribution in [0.5, 0.6) is 0 Å². The molecule has 0 unspecified atom stereocenters. The molecule has 0 N–H and O–H groups in total. The lowest BCUT2D eigenvalue weighted by atomic mass is 9.75. The number of hydrogen-bond acceptors (Lipinski definition) is 4. The molecule has 0 saturated heterocycles. The Morgan fingerprint density at radius 3 is 1.35 bits per heavy atom. The van der Waals surface area contributed by atoms with E-state index >= 15 is 0 Å². The summed E-state index contributed by atoms with van der Waals surface area (Å²) in [5, 5.41) is 0. The zero-order valence-corrected chi connectivity index (χ0v) is 15.5. The molecule has 4 nitrogen and oxygen atoms in total. The van der Waals surface area contributed by atoms with Crippen molar-refractivity contribution in [3.8, 4) is 0 Å². The maximum Gasteiger partial charge on any atom is 0.333 e. The molecule has 0 atom stereocenters. The van der Waals surface area contributed by atoms with E-state index in [0.717, 1.165) is 12.8 Å². The van der Waals surface area contributed by atoms with Crippen molar-refractivity contribution in [2.45, 2.75) is 54.4 Å². The lowest BCUT2D eigenvalue weighted by Gasteiger charge is -2.35. The van der Waals surface area contributed by atoms with Gasteiger partial charge in [-0.15, -0.1) is 0 Å². The van der Waals surface area contributed by atoms with Crippen LogP contribution in [0.25, 0.3) is 0 Å². The molecule has 132 valence electrons. The van der Waals surface area contributed by atoms with Crippen LogP contribution in [0.3, 0.4) is 0 Å². The fourth-order valence-electron chi connectivity index (χ4n) is 2.78. The van der Waals surface area contributed by atoms with Crippen LogP contribution in [-0.4, -0.2) is 25.2 Å². The van der Waals surface area contributed by atoms with Crippen molar-refractivity contribution in [2.75, 3.05) is 13.2 Å². The Kier molecular flexibility index (Phi) is 8.88. The molecule has 0 aromatic heterocycles. The highest BCUT2D eigenvalue weighted by Crippen LogP contribution is 2.35. The van der Waals surface area contributed by atoms with Gasteiger partial charge in [0.25, 0.3) is 0 Å². The van der Waals surface area contributed by atoms with E-state index in [9.17, 15) is 9.59 Å². The van der Waals surface area contributed by atoms with Crippen LogP contribution in [0, 0.1) is 17.3 Å². The van der Waals surface area contributed by atoms with Crippen LogP contribution in [0.15, 0.2) is 24.3 Å². The quantitative estimate of drug-likeness (QED) is 0.444. The minimum atomic E-state index is -0.409. The minimum Gasteiger partial charge on any atom is -0.462 e. The van der Waals surface area contributed by atoms with Crippen LogP contribution in [0.1, 0.15) is 54.4 Å². The van der Waals surface area contributed by atoms with Crippen molar-refractivity contribution >= 4 is 11.9 Å². The summed E-state index contributed by atoms with van der Waals surface area (Å²) in [5.74, 6) is -0.0390. The maximum absolute atomic E-state index is 11.8. The molecule has 0 rings (SSSR count). The summed E-state index contributed by atoms with van der Waals surface area (Å²) < 4.78 is 10.8. The molecule has 0 aliphatic rings. The predicted molar refractivity (Wildman–Crippen MR) is 92.9 cm³/mol. The zero-order valence-electron chi connectivity index (χ0n) is 15.5. The summed E-state index contributed by atoms with van der Waals surface area (Å²) in [6, 6.07) is 0. The molecule has 0 aliphatic carbocycles. The third kappa shape index (κ3) is 8.58. The molecule has 0 amide bonds. The Labute approximate surface area is 140 Å². The molecule has 0 aliphatic heterocycles. The number of esters is 2. The van der Waals surface area contributed by atoms with Crippen molar-refractivity contribution < 1.29 is 19.1 Å². The van der Waals surface area contributed by atoms with Crippen molar-refractivity contribution in [1.82, 2.24) is 0 Å². The lowest BCUT2D eigenvalue weighted by Crippen LogP contribution is -2.37.